The molecule has 0 aromatic rings. The van der Waals surface area contributed by atoms with Crippen LogP contribution in [0.1, 0.15) is 71.6 Å². The number of rotatable bonds is 15. The average Bonchev–Trinajstić information content (AvgIpc) is 2.59. The summed E-state index contributed by atoms with van der Waals surface area (Å²) in [6, 6.07) is 0. The molecule has 1 N–H and O–H groups in total. The normalized spacial score (nSPS) is 13.6. The minimum atomic E-state index is -0.507. The van der Waals surface area contributed by atoms with Gasteiger partial charge in [0.25, 0.3) is 0 Å². The number of allylic oxidation sites excluding steroid dienone is 7. The van der Waals surface area contributed by atoms with Gasteiger partial charge in [-0.15, -0.1) is 0 Å². The Balaban J connectivity index is 3.63. The predicted molar refractivity (Wildman–Crippen MR) is 106 cm³/mol. The number of aliphatic hydroxyl groups excluding tert-OH is 1. The number of aliphatic hydroxyl groups is 1. The number of esters is 1. The molecular formula is C22H36O3. The third-order valence-corrected chi connectivity index (χ3v) is 3.62. The van der Waals surface area contributed by atoms with Crippen LogP contribution in [0, 0.1) is 0 Å². The van der Waals surface area contributed by atoms with Crippen molar-refractivity contribution in [2.24, 2.45) is 0 Å². The van der Waals surface area contributed by atoms with E-state index in [1.54, 1.807) is 13.0 Å². The molecule has 142 valence electrons. The quantitative estimate of drug-likeness (QED) is 0.180. The molecule has 0 aliphatic rings. The van der Waals surface area contributed by atoms with E-state index in [1.807, 2.05) is 12.2 Å². The summed E-state index contributed by atoms with van der Waals surface area (Å²) in [5.74, 6) is -0.193. The highest BCUT2D eigenvalue weighted by molar-refractivity contribution is 5.69. The maximum atomic E-state index is 11.2. The Kier molecular flexibility index (Phi) is 17.5. The van der Waals surface area contributed by atoms with Crippen LogP contribution in [0.4, 0.5) is 0 Å². The summed E-state index contributed by atoms with van der Waals surface area (Å²) in [6.07, 6.45) is 24.5. The monoisotopic (exact) mass is 348 g/mol. The van der Waals surface area contributed by atoms with Crippen molar-refractivity contribution in [2.45, 2.75) is 77.7 Å². The van der Waals surface area contributed by atoms with Gasteiger partial charge in [-0.25, -0.2) is 0 Å². The second-order valence-corrected chi connectivity index (χ2v) is 5.99. The fraction of sp³-hybridized carbons (Fsp3) is 0.591. The van der Waals surface area contributed by atoms with Gasteiger partial charge in [0.2, 0.25) is 0 Å². The van der Waals surface area contributed by atoms with Gasteiger partial charge in [0.05, 0.1) is 12.7 Å². The third kappa shape index (κ3) is 18.6. The smallest absolute Gasteiger partial charge is 0.305 e. The van der Waals surface area contributed by atoms with E-state index >= 15 is 0 Å². The van der Waals surface area contributed by atoms with Crippen molar-refractivity contribution >= 4 is 5.97 Å². The maximum absolute atomic E-state index is 11.2. The summed E-state index contributed by atoms with van der Waals surface area (Å²) in [7, 11) is 0. The summed E-state index contributed by atoms with van der Waals surface area (Å²) >= 11 is 0. The van der Waals surface area contributed by atoms with Gasteiger partial charge in [0, 0.05) is 6.42 Å². The van der Waals surface area contributed by atoms with E-state index in [0.29, 0.717) is 25.9 Å². The van der Waals surface area contributed by atoms with Crippen LogP contribution in [0.2, 0.25) is 0 Å². The minimum Gasteiger partial charge on any atom is -0.466 e. The molecule has 0 heterocycles. The molecule has 0 aliphatic carbocycles. The van der Waals surface area contributed by atoms with Crippen LogP contribution in [0.5, 0.6) is 0 Å². The van der Waals surface area contributed by atoms with E-state index in [2.05, 4.69) is 37.3 Å². The summed E-state index contributed by atoms with van der Waals surface area (Å²) in [5, 5.41) is 9.77. The SMILES string of the molecule is CCCCCC=CCC=CCC=CC=CC(O)CCCC(=O)OCC. The molecule has 1 unspecified atom stereocenters. The number of ether oxygens (including phenoxy) is 1. The predicted octanol–water partition coefficient (Wildman–Crippen LogP) is 5.67. The highest BCUT2D eigenvalue weighted by atomic mass is 16.5. The van der Waals surface area contributed by atoms with Crippen molar-refractivity contribution in [3.05, 3.63) is 48.6 Å². The summed E-state index contributed by atoms with van der Waals surface area (Å²) in [6.45, 7) is 4.43. The molecule has 0 radical (unpaired) electrons. The average molecular weight is 349 g/mol. The zero-order valence-electron chi connectivity index (χ0n) is 16.0. The van der Waals surface area contributed by atoms with E-state index in [1.165, 1.54) is 25.7 Å². The van der Waals surface area contributed by atoms with Gasteiger partial charge in [0.1, 0.15) is 0 Å². The fourth-order valence-corrected chi connectivity index (χ4v) is 2.21. The Morgan fingerprint density at radius 2 is 1.68 bits per heavy atom. The first-order chi connectivity index (χ1) is 12.2. The van der Waals surface area contributed by atoms with Gasteiger partial charge in [-0.3, -0.25) is 4.79 Å². The molecule has 0 saturated heterocycles. The first-order valence-electron chi connectivity index (χ1n) is 9.67. The van der Waals surface area contributed by atoms with Gasteiger partial charge >= 0.3 is 5.97 Å². The maximum Gasteiger partial charge on any atom is 0.305 e. The summed E-state index contributed by atoms with van der Waals surface area (Å²) < 4.78 is 4.85. The number of hydrogen-bond donors (Lipinski definition) is 1. The number of carbonyl (C=O) groups is 1. The lowest BCUT2D eigenvalue weighted by atomic mass is 10.1. The Morgan fingerprint density at radius 1 is 0.960 bits per heavy atom. The third-order valence-electron chi connectivity index (χ3n) is 3.62. The van der Waals surface area contributed by atoms with Gasteiger partial charge in [-0.2, -0.15) is 0 Å². The molecule has 0 amide bonds. The largest absolute Gasteiger partial charge is 0.466 e. The van der Waals surface area contributed by atoms with Crippen molar-refractivity contribution in [1.29, 1.82) is 0 Å². The summed E-state index contributed by atoms with van der Waals surface area (Å²) in [4.78, 5) is 11.2. The Morgan fingerprint density at radius 3 is 2.40 bits per heavy atom. The van der Waals surface area contributed by atoms with Crippen LogP contribution in [0.3, 0.4) is 0 Å². The topological polar surface area (TPSA) is 46.5 Å². The highest BCUT2D eigenvalue weighted by Gasteiger charge is 2.03. The van der Waals surface area contributed by atoms with Crippen molar-refractivity contribution < 1.29 is 14.6 Å². The van der Waals surface area contributed by atoms with E-state index in [-0.39, 0.29) is 5.97 Å². The lowest BCUT2D eigenvalue weighted by Gasteiger charge is -2.04. The number of hydrogen-bond acceptors (Lipinski definition) is 3. The van der Waals surface area contributed by atoms with Crippen LogP contribution < -0.4 is 0 Å². The van der Waals surface area contributed by atoms with Gasteiger partial charge < -0.3 is 9.84 Å². The molecule has 1 atom stereocenters. The molecule has 25 heavy (non-hydrogen) atoms. The molecule has 0 fully saturated rings. The standard InChI is InChI=1S/C22H36O3/c1-3-5-6-7-8-9-10-11-12-13-14-15-16-18-21(23)19-17-20-22(24)25-4-2/h8-9,11-12,14-16,18,21,23H,3-7,10,13,17,19-20H2,1-2H3. The Bertz CT molecular complexity index is 419. The molecule has 3 heteroatoms. The number of carbonyl (C=O) groups excluding carboxylic acids is 1. The molecule has 0 aromatic carbocycles. The number of unbranched alkanes of at least 4 members (excludes halogenated alkanes) is 3. The van der Waals surface area contributed by atoms with Gasteiger partial charge in [-0.1, -0.05) is 68.4 Å². The van der Waals surface area contributed by atoms with E-state index < -0.39 is 6.10 Å². The first kappa shape index (κ1) is 23.4. The molecule has 0 rings (SSSR count). The van der Waals surface area contributed by atoms with Crippen molar-refractivity contribution in [1.82, 2.24) is 0 Å². The van der Waals surface area contributed by atoms with Crippen molar-refractivity contribution in [3.63, 3.8) is 0 Å². The molecule has 0 spiro atoms. The molecule has 0 aromatic heterocycles. The molecule has 3 nitrogen and oxygen atoms in total. The highest BCUT2D eigenvalue weighted by Crippen LogP contribution is 2.04. The second-order valence-electron chi connectivity index (χ2n) is 5.99. The van der Waals surface area contributed by atoms with Crippen LogP contribution in [-0.4, -0.2) is 23.8 Å². The van der Waals surface area contributed by atoms with Crippen molar-refractivity contribution in [3.8, 4) is 0 Å². The lowest BCUT2D eigenvalue weighted by molar-refractivity contribution is -0.143. The van der Waals surface area contributed by atoms with E-state index in [4.69, 9.17) is 4.74 Å². The van der Waals surface area contributed by atoms with E-state index in [9.17, 15) is 9.90 Å². The molecule has 0 bridgehead atoms. The second kappa shape index (κ2) is 18.7. The zero-order chi connectivity index (χ0) is 18.6. The van der Waals surface area contributed by atoms with Crippen LogP contribution >= 0.6 is 0 Å². The fourth-order valence-electron chi connectivity index (χ4n) is 2.21. The minimum absolute atomic E-state index is 0.193. The molecule has 0 aliphatic heterocycles. The molecule has 0 saturated carbocycles. The summed E-state index contributed by atoms with van der Waals surface area (Å²) in [5.41, 5.74) is 0. The van der Waals surface area contributed by atoms with Crippen molar-refractivity contribution in [2.75, 3.05) is 6.61 Å². The van der Waals surface area contributed by atoms with E-state index in [0.717, 1.165) is 12.8 Å². The lowest BCUT2D eigenvalue weighted by Crippen LogP contribution is -2.07. The van der Waals surface area contributed by atoms with Gasteiger partial charge in [0.15, 0.2) is 0 Å². The van der Waals surface area contributed by atoms with Crippen LogP contribution in [0.25, 0.3) is 0 Å². The zero-order valence-corrected chi connectivity index (χ0v) is 16.0. The Labute approximate surface area is 154 Å². The molecular weight excluding hydrogens is 312 g/mol. The van der Waals surface area contributed by atoms with Gasteiger partial charge in [-0.05, 0) is 45.4 Å². The van der Waals surface area contributed by atoms with Crippen LogP contribution in [-0.2, 0) is 9.53 Å². The first-order valence-corrected chi connectivity index (χ1v) is 9.67. The Hall–Kier alpha value is -1.61. The van der Waals surface area contributed by atoms with Crippen LogP contribution in [0.15, 0.2) is 48.6 Å².